The smallest absolute Gasteiger partial charge is 0.288 e. The number of thioether (sulfide) groups is 1. The van der Waals surface area contributed by atoms with Gasteiger partial charge >= 0.3 is 6.18 Å². The number of unbranched alkanes of at least 4 members (excludes halogenated alkanes) is 1. The third-order valence-electron chi connectivity index (χ3n) is 1.81. The molecule has 0 spiro atoms. The number of alkyl halides is 5. The molecule has 0 heterocycles. The fraction of sp³-hybridized carbons (Fsp3) is 0.889. The molecule has 16 heavy (non-hydrogen) atoms. The van der Waals surface area contributed by atoms with Gasteiger partial charge in [0.25, 0.3) is 0 Å². The molecule has 0 aliphatic carbocycles. The lowest BCUT2D eigenvalue weighted by atomic mass is 10.1. The zero-order valence-corrected chi connectivity index (χ0v) is 9.51. The van der Waals surface area contributed by atoms with E-state index >= 15 is 0 Å². The zero-order valence-electron chi connectivity index (χ0n) is 8.69. The van der Waals surface area contributed by atoms with Crippen LogP contribution < -0.4 is 0 Å². The van der Waals surface area contributed by atoms with Crippen molar-refractivity contribution in [2.45, 2.75) is 44.7 Å². The van der Waals surface area contributed by atoms with Crippen LogP contribution in [0.4, 0.5) is 22.0 Å². The summed E-state index contributed by atoms with van der Waals surface area (Å²) in [6.45, 7) is 1.36. The molecule has 96 valence electrons. The molecule has 2 atom stereocenters. The Morgan fingerprint density at radius 3 is 2.25 bits per heavy atom. The first-order valence-corrected chi connectivity index (χ1v) is 5.72. The van der Waals surface area contributed by atoms with Gasteiger partial charge in [-0.25, -0.2) is 8.78 Å². The van der Waals surface area contributed by atoms with Crippen LogP contribution in [0.2, 0.25) is 0 Å². The van der Waals surface area contributed by atoms with Gasteiger partial charge in [0.05, 0.1) is 0 Å². The molecule has 2 unspecified atom stereocenters. The first kappa shape index (κ1) is 15.7. The first-order valence-electron chi connectivity index (χ1n) is 4.73. The van der Waals surface area contributed by atoms with Gasteiger partial charge in [-0.05, 0) is 19.3 Å². The van der Waals surface area contributed by atoms with E-state index in [2.05, 4.69) is 0 Å². The van der Waals surface area contributed by atoms with Gasteiger partial charge in [0, 0.05) is 12.7 Å². The average molecular weight is 264 g/mol. The number of halogens is 5. The highest BCUT2D eigenvalue weighted by molar-refractivity contribution is 8.13. The summed E-state index contributed by atoms with van der Waals surface area (Å²) in [7, 11) is 0. The van der Waals surface area contributed by atoms with Crippen molar-refractivity contribution in [3.05, 3.63) is 0 Å². The topological polar surface area (TPSA) is 17.1 Å². The number of carbonyl (C=O) groups excluding carboxylic acids is 1. The Kier molecular flexibility index (Phi) is 6.94. The molecule has 7 heteroatoms. The van der Waals surface area contributed by atoms with Crippen LogP contribution in [0.1, 0.15) is 26.2 Å². The Morgan fingerprint density at radius 1 is 1.25 bits per heavy atom. The van der Waals surface area contributed by atoms with Gasteiger partial charge in [-0.15, -0.1) is 0 Å². The maximum absolute atomic E-state index is 12.7. The van der Waals surface area contributed by atoms with Gasteiger partial charge in [-0.1, -0.05) is 11.8 Å². The lowest BCUT2D eigenvalue weighted by Crippen LogP contribution is -2.33. The van der Waals surface area contributed by atoms with Crippen LogP contribution in [0.5, 0.6) is 0 Å². The van der Waals surface area contributed by atoms with Crippen molar-refractivity contribution in [1.82, 2.24) is 0 Å². The Hall–Kier alpha value is -0.330. The van der Waals surface area contributed by atoms with Crippen molar-refractivity contribution in [2.24, 2.45) is 0 Å². The zero-order chi connectivity index (χ0) is 12.8. The predicted octanol–water partition coefficient (Wildman–Crippen LogP) is 3.67. The minimum absolute atomic E-state index is 0.101. The fourth-order valence-corrected chi connectivity index (χ4v) is 1.64. The van der Waals surface area contributed by atoms with Gasteiger partial charge in [0.15, 0.2) is 5.12 Å². The van der Waals surface area contributed by atoms with Crippen molar-refractivity contribution < 1.29 is 26.7 Å². The summed E-state index contributed by atoms with van der Waals surface area (Å²) < 4.78 is 60.2. The molecule has 1 nitrogen and oxygen atoms in total. The third kappa shape index (κ3) is 7.03. The summed E-state index contributed by atoms with van der Waals surface area (Å²) in [5.74, 6) is 0.422. The normalized spacial score (nSPS) is 15.9. The molecule has 0 aromatic rings. The van der Waals surface area contributed by atoms with Gasteiger partial charge in [0.2, 0.25) is 6.17 Å². The van der Waals surface area contributed by atoms with Crippen molar-refractivity contribution in [3.8, 4) is 0 Å². The molecule has 0 aromatic carbocycles. The number of hydrogen-bond acceptors (Lipinski definition) is 2. The van der Waals surface area contributed by atoms with E-state index in [1.54, 1.807) is 0 Å². The number of carbonyl (C=O) groups is 1. The lowest BCUT2D eigenvalue weighted by molar-refractivity contribution is -0.196. The Balaban J connectivity index is 3.65. The summed E-state index contributed by atoms with van der Waals surface area (Å²) in [5.41, 5.74) is 0. The average Bonchev–Trinajstić information content (AvgIpc) is 2.13. The van der Waals surface area contributed by atoms with E-state index in [9.17, 15) is 26.7 Å². The summed E-state index contributed by atoms with van der Waals surface area (Å²) in [6.07, 6.45) is -11.0. The highest BCUT2D eigenvalue weighted by atomic mass is 32.2. The number of rotatable bonds is 6. The second-order valence-electron chi connectivity index (χ2n) is 3.30. The van der Waals surface area contributed by atoms with Gasteiger partial charge in [-0.3, -0.25) is 4.79 Å². The van der Waals surface area contributed by atoms with Gasteiger partial charge in [-0.2, -0.15) is 13.2 Å². The standard InChI is InChI=1S/C9H13F5OS/c1-6(15)16-5-3-2-4-7(10)8(11)9(12,13)14/h7-8H,2-5H2,1H3. The summed E-state index contributed by atoms with van der Waals surface area (Å²) in [6, 6.07) is 0. The Bertz CT molecular complexity index is 218. The molecule has 0 aliphatic rings. The Morgan fingerprint density at radius 2 is 1.81 bits per heavy atom. The van der Waals surface area contributed by atoms with Gasteiger partial charge < -0.3 is 0 Å². The molecule has 0 saturated heterocycles. The highest BCUT2D eigenvalue weighted by Gasteiger charge is 2.45. The van der Waals surface area contributed by atoms with Crippen molar-refractivity contribution in [3.63, 3.8) is 0 Å². The molecule has 0 N–H and O–H groups in total. The molecule has 0 aromatic heterocycles. The number of hydrogen-bond donors (Lipinski definition) is 0. The highest BCUT2D eigenvalue weighted by Crippen LogP contribution is 2.29. The maximum atomic E-state index is 12.7. The summed E-state index contributed by atoms with van der Waals surface area (Å²) in [4.78, 5) is 10.5. The monoisotopic (exact) mass is 264 g/mol. The molecule has 0 saturated carbocycles. The van der Waals surface area contributed by atoms with E-state index in [1.165, 1.54) is 6.92 Å². The molecule has 0 radical (unpaired) electrons. The van der Waals surface area contributed by atoms with Crippen molar-refractivity contribution in [2.75, 3.05) is 5.75 Å². The largest absolute Gasteiger partial charge is 0.422 e. The van der Waals surface area contributed by atoms with Crippen LogP contribution >= 0.6 is 11.8 Å². The molecule has 0 aliphatic heterocycles. The van der Waals surface area contributed by atoms with Crippen LogP contribution in [-0.4, -0.2) is 29.4 Å². The molecule has 0 rings (SSSR count). The molecular formula is C9H13F5OS. The lowest BCUT2D eigenvalue weighted by Gasteiger charge is -2.16. The van der Waals surface area contributed by atoms with E-state index in [-0.39, 0.29) is 11.5 Å². The molecule has 0 bridgehead atoms. The van der Waals surface area contributed by atoms with E-state index in [4.69, 9.17) is 0 Å². The first-order chi connectivity index (χ1) is 7.25. The summed E-state index contributed by atoms with van der Waals surface area (Å²) in [5, 5.41) is -0.101. The van der Waals surface area contributed by atoms with Crippen LogP contribution in [-0.2, 0) is 4.79 Å². The summed E-state index contributed by atoms with van der Waals surface area (Å²) >= 11 is 1.02. The predicted molar refractivity (Wildman–Crippen MR) is 52.8 cm³/mol. The second kappa shape index (κ2) is 7.09. The SMILES string of the molecule is CC(=O)SCCCCC(F)C(F)C(F)(F)F. The van der Waals surface area contributed by atoms with Crippen LogP contribution in [0.3, 0.4) is 0 Å². The Labute approximate surface area is 94.8 Å². The minimum atomic E-state index is -5.13. The van der Waals surface area contributed by atoms with E-state index < -0.39 is 24.9 Å². The molecular weight excluding hydrogens is 251 g/mol. The maximum Gasteiger partial charge on any atom is 0.422 e. The molecule has 0 amide bonds. The quantitative estimate of drug-likeness (QED) is 0.538. The van der Waals surface area contributed by atoms with Crippen LogP contribution in [0.15, 0.2) is 0 Å². The second-order valence-corrected chi connectivity index (χ2v) is 4.57. The van der Waals surface area contributed by atoms with Crippen LogP contribution in [0.25, 0.3) is 0 Å². The third-order valence-corrected chi connectivity index (χ3v) is 2.71. The molecule has 0 fully saturated rings. The van der Waals surface area contributed by atoms with E-state index in [0.717, 1.165) is 11.8 Å². The van der Waals surface area contributed by atoms with Crippen LogP contribution in [0, 0.1) is 0 Å². The van der Waals surface area contributed by atoms with E-state index in [1.807, 2.05) is 0 Å². The fourth-order valence-electron chi connectivity index (χ4n) is 1.01. The van der Waals surface area contributed by atoms with Gasteiger partial charge in [0.1, 0.15) is 6.17 Å². The van der Waals surface area contributed by atoms with Crippen molar-refractivity contribution in [1.29, 1.82) is 0 Å². The van der Waals surface area contributed by atoms with E-state index in [0.29, 0.717) is 12.2 Å². The minimum Gasteiger partial charge on any atom is -0.288 e. The van der Waals surface area contributed by atoms with Crippen molar-refractivity contribution >= 4 is 16.9 Å².